The first-order valence-electron chi connectivity index (χ1n) is 22.3. The van der Waals surface area contributed by atoms with E-state index in [2.05, 4.69) is 86.8 Å². The number of unbranched alkanes of at least 4 members (excludes halogenated alkanes) is 11. The van der Waals surface area contributed by atoms with Crippen LogP contribution in [0.2, 0.25) is 0 Å². The summed E-state index contributed by atoms with van der Waals surface area (Å²) in [5.41, 5.74) is 0. The molecule has 0 fully saturated rings. The molecule has 0 aromatic heterocycles. The van der Waals surface area contributed by atoms with Crippen LogP contribution in [-0.4, -0.2) is 70.0 Å². The van der Waals surface area contributed by atoms with Crippen LogP contribution in [0.3, 0.4) is 0 Å². The van der Waals surface area contributed by atoms with E-state index in [1.165, 1.54) is 51.4 Å². The third-order valence-corrected chi connectivity index (χ3v) is 9.88. The van der Waals surface area contributed by atoms with Gasteiger partial charge in [0.1, 0.15) is 19.8 Å². The molecule has 0 spiro atoms. The summed E-state index contributed by atoms with van der Waals surface area (Å²) >= 11 is 0. The molecule has 58 heavy (non-hydrogen) atoms. The average molecular weight is 832 g/mol. The minimum Gasteiger partial charge on any atom is -0.756 e. The van der Waals surface area contributed by atoms with Crippen LogP contribution < -0.4 is 4.89 Å². The minimum absolute atomic E-state index is 0.0489. The van der Waals surface area contributed by atoms with Crippen molar-refractivity contribution in [2.24, 2.45) is 0 Å². The molecule has 0 saturated carbocycles. The molecule has 0 rings (SSSR count). The van der Waals surface area contributed by atoms with E-state index in [4.69, 9.17) is 18.5 Å². The Hall–Kier alpha value is -2.81. The molecule has 1 unspecified atom stereocenters. The van der Waals surface area contributed by atoms with Gasteiger partial charge in [0.2, 0.25) is 0 Å². The van der Waals surface area contributed by atoms with Gasteiger partial charge in [0, 0.05) is 12.8 Å². The molecule has 0 amide bonds. The molecule has 0 aromatic rings. The third-order valence-electron chi connectivity index (χ3n) is 8.91. The molecule has 10 heteroatoms. The molecule has 2 atom stereocenters. The number of hydrogen-bond acceptors (Lipinski definition) is 8. The standard InChI is InChI=1S/C48H82NO8P/c1-6-8-10-12-14-16-18-20-22-23-24-25-27-28-30-32-34-36-38-40-47(50)54-44-46(45-56-58(52,53)55-43-42-49(3,4)5)57-48(51)41-39-37-35-33-31-29-26-21-19-17-15-13-11-9-7-2/h8,10,14,16,20,22,24-25,28-31,34,36,46H,6-7,9,11-13,15,17-19,21,23,26-27,32-33,35,37-45H2,1-5H3/b10-8+,16-14+,22-20+,25-24+,30-28+,31-29+,36-34+/t46-/m1/s1. The van der Waals surface area contributed by atoms with E-state index in [1.807, 2.05) is 33.3 Å². The number of nitrogens with zero attached hydrogens (tertiary/aromatic N) is 1. The molecule has 0 bridgehead atoms. The van der Waals surface area contributed by atoms with Crippen LogP contribution in [0.4, 0.5) is 0 Å². The highest BCUT2D eigenvalue weighted by Crippen LogP contribution is 2.38. The number of esters is 2. The molecule has 0 saturated heterocycles. The summed E-state index contributed by atoms with van der Waals surface area (Å²) in [6.45, 7) is 3.99. The first kappa shape index (κ1) is 55.2. The Kier molecular flexibility index (Phi) is 37.7. The van der Waals surface area contributed by atoms with E-state index in [0.717, 1.165) is 64.2 Å². The van der Waals surface area contributed by atoms with Gasteiger partial charge in [-0.05, 0) is 77.0 Å². The van der Waals surface area contributed by atoms with Crippen molar-refractivity contribution in [3.8, 4) is 0 Å². The number of phosphoric ester groups is 1. The number of likely N-dealkylation sites (N-methyl/N-ethyl adjacent to an activating group) is 1. The highest BCUT2D eigenvalue weighted by atomic mass is 31.2. The fraction of sp³-hybridized carbons (Fsp3) is 0.667. The molecule has 0 aromatic carbocycles. The Bertz CT molecular complexity index is 1260. The average Bonchev–Trinajstić information content (AvgIpc) is 3.17. The van der Waals surface area contributed by atoms with Crippen LogP contribution in [0.25, 0.3) is 0 Å². The summed E-state index contributed by atoms with van der Waals surface area (Å²) in [5.74, 6) is -0.958. The van der Waals surface area contributed by atoms with Gasteiger partial charge in [-0.25, -0.2) is 0 Å². The molecule has 0 N–H and O–H groups in total. The fourth-order valence-corrected chi connectivity index (χ4v) is 6.17. The number of phosphoric acid groups is 1. The lowest BCUT2D eigenvalue weighted by molar-refractivity contribution is -0.870. The van der Waals surface area contributed by atoms with E-state index in [-0.39, 0.29) is 26.1 Å². The maximum Gasteiger partial charge on any atom is 0.306 e. The van der Waals surface area contributed by atoms with Crippen LogP contribution in [0.15, 0.2) is 85.1 Å². The molecular formula is C48H82NO8P. The van der Waals surface area contributed by atoms with Crippen molar-refractivity contribution in [3.63, 3.8) is 0 Å². The zero-order chi connectivity index (χ0) is 42.8. The number of carbonyl (C=O) groups is 2. The van der Waals surface area contributed by atoms with E-state index < -0.39 is 32.5 Å². The Balaban J connectivity index is 4.51. The summed E-state index contributed by atoms with van der Waals surface area (Å²) in [4.78, 5) is 37.5. The number of carbonyl (C=O) groups excluding carboxylic acids is 2. The number of rotatable bonds is 39. The predicted octanol–water partition coefficient (Wildman–Crippen LogP) is 12.2. The van der Waals surface area contributed by atoms with Crippen molar-refractivity contribution in [2.75, 3.05) is 47.5 Å². The summed E-state index contributed by atoms with van der Waals surface area (Å²) < 4.78 is 33.8. The van der Waals surface area contributed by atoms with Gasteiger partial charge in [-0.1, -0.05) is 150 Å². The van der Waals surface area contributed by atoms with Crippen molar-refractivity contribution in [2.45, 2.75) is 161 Å². The van der Waals surface area contributed by atoms with Gasteiger partial charge in [-0.2, -0.15) is 0 Å². The normalized spacial score (nSPS) is 14.4. The van der Waals surface area contributed by atoms with Gasteiger partial charge < -0.3 is 27.9 Å². The highest BCUT2D eigenvalue weighted by molar-refractivity contribution is 7.45. The Morgan fingerprint density at radius 2 is 1.02 bits per heavy atom. The van der Waals surface area contributed by atoms with E-state index in [1.54, 1.807) is 0 Å². The molecule has 0 aliphatic rings. The minimum atomic E-state index is -4.65. The maximum absolute atomic E-state index is 12.7. The second-order valence-electron chi connectivity index (χ2n) is 15.7. The van der Waals surface area contributed by atoms with E-state index in [0.29, 0.717) is 23.9 Å². The topological polar surface area (TPSA) is 111 Å². The zero-order valence-corrected chi connectivity index (χ0v) is 38.1. The van der Waals surface area contributed by atoms with Crippen LogP contribution in [0, 0.1) is 0 Å². The molecule has 0 aliphatic heterocycles. The summed E-state index contributed by atoms with van der Waals surface area (Å²) in [6.07, 6.45) is 50.6. The second kappa shape index (κ2) is 39.6. The van der Waals surface area contributed by atoms with Crippen molar-refractivity contribution in [3.05, 3.63) is 85.1 Å². The summed E-state index contributed by atoms with van der Waals surface area (Å²) in [7, 11) is 1.10. The third kappa shape index (κ3) is 42.8. The molecule has 9 nitrogen and oxygen atoms in total. The molecule has 0 heterocycles. The first-order chi connectivity index (χ1) is 28.0. The second-order valence-corrected chi connectivity index (χ2v) is 17.1. The van der Waals surface area contributed by atoms with Crippen molar-refractivity contribution in [1.82, 2.24) is 0 Å². The number of allylic oxidation sites excluding steroid dienone is 14. The van der Waals surface area contributed by atoms with Crippen molar-refractivity contribution in [1.29, 1.82) is 0 Å². The first-order valence-corrected chi connectivity index (χ1v) is 23.8. The molecule has 332 valence electrons. The maximum atomic E-state index is 12.7. The van der Waals surface area contributed by atoms with E-state index >= 15 is 0 Å². The highest BCUT2D eigenvalue weighted by Gasteiger charge is 2.21. The van der Waals surface area contributed by atoms with Gasteiger partial charge in [-0.3, -0.25) is 14.2 Å². The Morgan fingerprint density at radius 3 is 1.53 bits per heavy atom. The molecule has 0 aliphatic carbocycles. The largest absolute Gasteiger partial charge is 0.756 e. The SMILES string of the molecule is CC/C=C/C/C=C/C/C=C/C/C=C/C/C=C/C/C=C/CCC(=O)OC[C@H](COP(=O)([O-])OCC[N+](C)(C)C)OC(=O)CCCCC/C=C/CCCCCCCCCC. The Morgan fingerprint density at radius 1 is 0.552 bits per heavy atom. The number of ether oxygens (including phenoxy) is 2. The summed E-state index contributed by atoms with van der Waals surface area (Å²) in [6, 6.07) is 0. The van der Waals surface area contributed by atoms with Gasteiger partial charge in [0.25, 0.3) is 7.82 Å². The number of quaternary nitrogens is 1. The van der Waals surface area contributed by atoms with Crippen LogP contribution in [0.1, 0.15) is 155 Å². The lowest BCUT2D eigenvalue weighted by Gasteiger charge is -2.28. The van der Waals surface area contributed by atoms with E-state index in [9.17, 15) is 19.0 Å². The van der Waals surface area contributed by atoms with Crippen molar-refractivity contribution >= 4 is 19.8 Å². The van der Waals surface area contributed by atoms with Crippen molar-refractivity contribution < 1.29 is 42.1 Å². The Labute approximate surface area is 354 Å². The lowest BCUT2D eigenvalue weighted by Crippen LogP contribution is -2.37. The lowest BCUT2D eigenvalue weighted by atomic mass is 10.1. The smallest absolute Gasteiger partial charge is 0.306 e. The predicted molar refractivity (Wildman–Crippen MR) is 240 cm³/mol. The van der Waals surface area contributed by atoms with Crippen LogP contribution in [0.5, 0.6) is 0 Å². The van der Waals surface area contributed by atoms with Gasteiger partial charge in [-0.15, -0.1) is 0 Å². The van der Waals surface area contributed by atoms with Gasteiger partial charge in [0.15, 0.2) is 6.10 Å². The quantitative estimate of drug-likeness (QED) is 0.0198. The van der Waals surface area contributed by atoms with Crippen LogP contribution >= 0.6 is 7.82 Å². The fourth-order valence-electron chi connectivity index (χ4n) is 5.44. The monoisotopic (exact) mass is 832 g/mol. The molecular weight excluding hydrogens is 750 g/mol. The summed E-state index contributed by atoms with van der Waals surface area (Å²) in [5, 5.41) is 0. The zero-order valence-electron chi connectivity index (χ0n) is 37.2. The number of hydrogen-bond donors (Lipinski definition) is 0. The molecule has 0 radical (unpaired) electrons. The van der Waals surface area contributed by atoms with Gasteiger partial charge in [0.05, 0.1) is 27.7 Å². The van der Waals surface area contributed by atoms with Crippen LogP contribution in [-0.2, 0) is 32.7 Å². The van der Waals surface area contributed by atoms with Gasteiger partial charge >= 0.3 is 11.9 Å².